The highest BCUT2D eigenvalue weighted by Gasteiger charge is 2.33. The van der Waals surface area contributed by atoms with Crippen LogP contribution in [0.15, 0.2) is 41.6 Å². The number of aliphatic carboxylic acids is 1. The Morgan fingerprint density at radius 1 is 1.33 bits per heavy atom. The van der Waals surface area contributed by atoms with Gasteiger partial charge in [-0.15, -0.1) is 0 Å². The van der Waals surface area contributed by atoms with Crippen LogP contribution in [0.1, 0.15) is 20.3 Å². The summed E-state index contributed by atoms with van der Waals surface area (Å²) in [7, 11) is 0. The van der Waals surface area contributed by atoms with Crippen molar-refractivity contribution in [3.05, 3.63) is 41.6 Å². The number of carbonyl (C=O) groups excluding carboxylic acids is 1. The zero-order valence-electron chi connectivity index (χ0n) is 10.4. The van der Waals surface area contributed by atoms with Gasteiger partial charge in [0.05, 0.1) is 5.57 Å². The molecule has 1 heterocycles. The van der Waals surface area contributed by atoms with Gasteiger partial charge in [0.2, 0.25) is 5.91 Å². The van der Waals surface area contributed by atoms with E-state index in [9.17, 15) is 14.7 Å². The summed E-state index contributed by atoms with van der Waals surface area (Å²) in [6.45, 7) is 3.46. The van der Waals surface area contributed by atoms with Gasteiger partial charge in [0.1, 0.15) is 0 Å². The number of carboxylic acid groups (broad SMARTS) is 1. The van der Waals surface area contributed by atoms with E-state index in [1.807, 2.05) is 18.2 Å². The van der Waals surface area contributed by atoms with Gasteiger partial charge in [-0.25, -0.2) is 4.79 Å². The van der Waals surface area contributed by atoms with Gasteiger partial charge in [-0.2, -0.15) is 0 Å². The summed E-state index contributed by atoms with van der Waals surface area (Å²) >= 11 is 0. The number of carbonyl (C=O) groups is 2. The fraction of sp³-hybridized carbons (Fsp3) is 0.286. The van der Waals surface area contributed by atoms with Gasteiger partial charge in [0.25, 0.3) is 0 Å². The van der Waals surface area contributed by atoms with Crippen molar-refractivity contribution >= 4 is 17.6 Å². The van der Waals surface area contributed by atoms with Gasteiger partial charge in [-0.05, 0) is 25.0 Å². The summed E-state index contributed by atoms with van der Waals surface area (Å²) in [5.41, 5.74) is 1.54. The highest BCUT2D eigenvalue weighted by molar-refractivity contribution is 6.02. The molecule has 1 atom stereocenters. The second-order valence-corrected chi connectivity index (χ2v) is 4.47. The molecule has 1 amide bonds. The SMILES string of the molecule is CC1=C(C(=O)O)[C@@H](C)CC(=O)N1c1ccccc1. The number of nitrogens with zero attached hydrogens (tertiary/aromatic N) is 1. The molecule has 0 saturated carbocycles. The molecule has 0 spiro atoms. The Kier molecular flexibility index (Phi) is 3.19. The molecular formula is C14H15NO3. The van der Waals surface area contributed by atoms with Crippen LogP contribution in [0, 0.1) is 5.92 Å². The van der Waals surface area contributed by atoms with Crippen LogP contribution < -0.4 is 4.90 Å². The van der Waals surface area contributed by atoms with E-state index in [4.69, 9.17) is 0 Å². The molecule has 1 aromatic carbocycles. The molecule has 1 aromatic rings. The molecule has 0 unspecified atom stereocenters. The van der Waals surface area contributed by atoms with Gasteiger partial charge in [-0.1, -0.05) is 25.1 Å². The molecule has 0 fully saturated rings. The van der Waals surface area contributed by atoms with E-state index in [2.05, 4.69) is 0 Å². The van der Waals surface area contributed by atoms with Gasteiger partial charge in [0.15, 0.2) is 0 Å². The van der Waals surface area contributed by atoms with E-state index in [1.54, 1.807) is 26.0 Å². The number of para-hydroxylation sites is 1. The van der Waals surface area contributed by atoms with E-state index < -0.39 is 5.97 Å². The molecular weight excluding hydrogens is 230 g/mol. The molecule has 0 saturated heterocycles. The molecule has 4 nitrogen and oxygen atoms in total. The number of allylic oxidation sites excluding steroid dienone is 1. The Morgan fingerprint density at radius 2 is 1.94 bits per heavy atom. The number of hydrogen-bond donors (Lipinski definition) is 1. The van der Waals surface area contributed by atoms with Crippen LogP contribution >= 0.6 is 0 Å². The van der Waals surface area contributed by atoms with Crippen molar-refractivity contribution in [2.24, 2.45) is 5.92 Å². The van der Waals surface area contributed by atoms with Crippen molar-refractivity contribution in [1.29, 1.82) is 0 Å². The molecule has 0 aromatic heterocycles. The fourth-order valence-corrected chi connectivity index (χ4v) is 2.40. The first-order chi connectivity index (χ1) is 8.52. The average Bonchev–Trinajstić information content (AvgIpc) is 2.28. The van der Waals surface area contributed by atoms with Crippen molar-refractivity contribution in [2.45, 2.75) is 20.3 Å². The van der Waals surface area contributed by atoms with E-state index >= 15 is 0 Å². The van der Waals surface area contributed by atoms with Crippen molar-refractivity contribution in [2.75, 3.05) is 4.90 Å². The number of anilines is 1. The van der Waals surface area contributed by atoms with E-state index in [1.165, 1.54) is 4.90 Å². The highest BCUT2D eigenvalue weighted by Crippen LogP contribution is 2.32. The van der Waals surface area contributed by atoms with Crippen LogP contribution in [0.5, 0.6) is 0 Å². The third-order valence-corrected chi connectivity index (χ3v) is 3.19. The normalized spacial score (nSPS) is 20.2. The van der Waals surface area contributed by atoms with Crippen molar-refractivity contribution in [3.8, 4) is 0 Å². The Bertz CT molecular complexity index is 519. The molecule has 1 N–H and O–H groups in total. The van der Waals surface area contributed by atoms with Crippen LogP contribution in [0.4, 0.5) is 5.69 Å². The molecule has 2 rings (SSSR count). The predicted octanol–water partition coefficient (Wildman–Crippen LogP) is 2.42. The first-order valence-corrected chi connectivity index (χ1v) is 5.84. The molecule has 94 valence electrons. The monoisotopic (exact) mass is 245 g/mol. The van der Waals surface area contributed by atoms with E-state index in [0.717, 1.165) is 0 Å². The molecule has 0 radical (unpaired) electrons. The zero-order chi connectivity index (χ0) is 13.3. The van der Waals surface area contributed by atoms with Crippen LogP contribution in [-0.2, 0) is 9.59 Å². The third-order valence-electron chi connectivity index (χ3n) is 3.19. The number of rotatable bonds is 2. The number of amides is 1. The molecule has 0 aliphatic carbocycles. The van der Waals surface area contributed by atoms with Crippen LogP contribution in [0.25, 0.3) is 0 Å². The third kappa shape index (κ3) is 2.01. The molecule has 4 heteroatoms. The molecule has 18 heavy (non-hydrogen) atoms. The summed E-state index contributed by atoms with van der Waals surface area (Å²) in [5.74, 6) is -1.25. The van der Waals surface area contributed by atoms with E-state index in [0.29, 0.717) is 17.0 Å². The van der Waals surface area contributed by atoms with E-state index in [-0.39, 0.29) is 18.2 Å². The predicted molar refractivity (Wildman–Crippen MR) is 68.0 cm³/mol. The second kappa shape index (κ2) is 4.64. The molecule has 0 bridgehead atoms. The lowest BCUT2D eigenvalue weighted by Gasteiger charge is -2.32. The smallest absolute Gasteiger partial charge is 0.333 e. The summed E-state index contributed by atoms with van der Waals surface area (Å²) < 4.78 is 0. The molecule has 1 aliphatic rings. The van der Waals surface area contributed by atoms with Crippen molar-refractivity contribution < 1.29 is 14.7 Å². The highest BCUT2D eigenvalue weighted by atomic mass is 16.4. The largest absolute Gasteiger partial charge is 0.478 e. The summed E-state index contributed by atoms with van der Waals surface area (Å²) in [6.07, 6.45) is 0.230. The van der Waals surface area contributed by atoms with Crippen molar-refractivity contribution in [1.82, 2.24) is 0 Å². The standard InChI is InChI=1S/C14H15NO3/c1-9-8-12(16)15(10(2)13(9)14(17)18)11-6-4-3-5-7-11/h3-7,9H,8H2,1-2H3,(H,17,18)/t9-/m0/s1. The summed E-state index contributed by atoms with van der Waals surface area (Å²) in [4.78, 5) is 24.8. The Balaban J connectivity index is 2.53. The fourth-order valence-electron chi connectivity index (χ4n) is 2.40. The summed E-state index contributed by atoms with van der Waals surface area (Å²) in [5, 5.41) is 9.23. The maximum absolute atomic E-state index is 12.1. The number of benzene rings is 1. The first-order valence-electron chi connectivity index (χ1n) is 5.84. The van der Waals surface area contributed by atoms with Gasteiger partial charge >= 0.3 is 5.97 Å². The second-order valence-electron chi connectivity index (χ2n) is 4.47. The Morgan fingerprint density at radius 3 is 2.50 bits per heavy atom. The minimum Gasteiger partial charge on any atom is -0.478 e. The summed E-state index contributed by atoms with van der Waals surface area (Å²) in [6, 6.07) is 9.12. The van der Waals surface area contributed by atoms with Gasteiger partial charge in [0, 0.05) is 17.8 Å². The van der Waals surface area contributed by atoms with Crippen molar-refractivity contribution in [3.63, 3.8) is 0 Å². The lowest BCUT2D eigenvalue weighted by molar-refractivity contribution is -0.133. The lowest BCUT2D eigenvalue weighted by Crippen LogP contribution is -2.38. The Labute approximate surface area is 106 Å². The minimum atomic E-state index is -0.951. The maximum Gasteiger partial charge on any atom is 0.333 e. The van der Waals surface area contributed by atoms with Crippen LogP contribution in [0.2, 0.25) is 0 Å². The average molecular weight is 245 g/mol. The lowest BCUT2D eigenvalue weighted by atomic mass is 9.91. The molecule has 1 aliphatic heterocycles. The Hall–Kier alpha value is -2.10. The zero-order valence-corrected chi connectivity index (χ0v) is 10.4. The number of hydrogen-bond acceptors (Lipinski definition) is 2. The minimum absolute atomic E-state index is 0.0591. The number of carboxylic acids is 1. The first kappa shape index (κ1) is 12.4. The topological polar surface area (TPSA) is 57.6 Å². The quantitative estimate of drug-likeness (QED) is 0.870. The van der Waals surface area contributed by atoms with Gasteiger partial charge < -0.3 is 5.11 Å². The maximum atomic E-state index is 12.1. The van der Waals surface area contributed by atoms with Gasteiger partial charge in [-0.3, -0.25) is 9.69 Å². The van der Waals surface area contributed by atoms with Crippen LogP contribution in [-0.4, -0.2) is 17.0 Å². The van der Waals surface area contributed by atoms with Crippen LogP contribution in [0.3, 0.4) is 0 Å².